The molecule has 0 bridgehead atoms. The van der Waals surface area contributed by atoms with E-state index >= 15 is 0 Å². The molecule has 0 spiro atoms. The number of rotatable bonds is 6. The third-order valence-corrected chi connectivity index (χ3v) is 4.18. The minimum atomic E-state index is 0.797. The monoisotopic (exact) mass is 287 g/mol. The molecule has 1 fully saturated rings. The summed E-state index contributed by atoms with van der Waals surface area (Å²) >= 11 is 0. The van der Waals surface area contributed by atoms with E-state index in [1.54, 1.807) is 0 Å². The number of hydrogen-bond acceptors (Lipinski definition) is 2. The molecule has 1 aromatic rings. The second-order valence-corrected chi connectivity index (χ2v) is 6.71. The highest BCUT2D eigenvalue weighted by Gasteiger charge is 2.20. The van der Waals surface area contributed by atoms with Crippen molar-refractivity contribution in [3.63, 3.8) is 0 Å². The molecule has 1 saturated heterocycles. The van der Waals surface area contributed by atoms with Crippen LogP contribution < -0.4 is 4.74 Å². The fourth-order valence-corrected chi connectivity index (χ4v) is 3.29. The summed E-state index contributed by atoms with van der Waals surface area (Å²) in [5.41, 5.74) is 2.27. The van der Waals surface area contributed by atoms with Gasteiger partial charge < -0.3 is 9.64 Å². The lowest BCUT2D eigenvalue weighted by molar-refractivity contribution is 0.132. The van der Waals surface area contributed by atoms with E-state index in [1.165, 1.54) is 25.1 Å². The van der Waals surface area contributed by atoms with Gasteiger partial charge in [-0.2, -0.15) is 0 Å². The number of nitrogens with zero attached hydrogens (tertiary/aromatic N) is 1. The molecule has 0 saturated carbocycles. The zero-order chi connectivity index (χ0) is 15.2. The molecular weight excluding hydrogens is 258 g/mol. The van der Waals surface area contributed by atoms with Crippen molar-refractivity contribution in [1.29, 1.82) is 0 Å². The first-order valence-electron chi connectivity index (χ1n) is 8.15. The van der Waals surface area contributed by atoms with Crippen LogP contribution in [0.5, 0.6) is 5.75 Å². The van der Waals surface area contributed by atoms with Gasteiger partial charge in [0.25, 0.3) is 0 Å². The van der Waals surface area contributed by atoms with Crippen LogP contribution in [0.15, 0.2) is 30.8 Å². The fourth-order valence-electron chi connectivity index (χ4n) is 3.29. The molecule has 1 heterocycles. The van der Waals surface area contributed by atoms with Gasteiger partial charge in [-0.05, 0) is 49.3 Å². The Morgan fingerprint density at radius 3 is 2.38 bits per heavy atom. The van der Waals surface area contributed by atoms with Crippen LogP contribution >= 0.6 is 0 Å². The lowest BCUT2D eigenvalue weighted by atomic mass is 9.92. The molecule has 2 nitrogen and oxygen atoms in total. The maximum absolute atomic E-state index is 5.83. The Labute approximate surface area is 129 Å². The molecule has 1 aromatic carbocycles. The summed E-state index contributed by atoms with van der Waals surface area (Å²) in [4.78, 5) is 2.59. The van der Waals surface area contributed by atoms with Gasteiger partial charge in [-0.1, -0.05) is 38.1 Å². The van der Waals surface area contributed by atoms with Gasteiger partial charge in [0.1, 0.15) is 5.75 Å². The normalized spacial score (nSPS) is 23.0. The predicted molar refractivity (Wildman–Crippen MR) is 90.6 cm³/mol. The highest BCUT2D eigenvalue weighted by molar-refractivity contribution is 5.61. The maximum Gasteiger partial charge on any atom is 0.119 e. The van der Waals surface area contributed by atoms with Crippen molar-refractivity contribution in [3.8, 4) is 5.75 Å². The summed E-state index contributed by atoms with van der Waals surface area (Å²) in [6.45, 7) is 15.1. The molecular formula is C19H29NO. The molecule has 116 valence electrons. The van der Waals surface area contributed by atoms with Gasteiger partial charge in [0.2, 0.25) is 0 Å². The zero-order valence-corrected chi connectivity index (χ0v) is 13.8. The molecule has 0 amide bonds. The number of benzene rings is 1. The van der Waals surface area contributed by atoms with Crippen molar-refractivity contribution in [2.24, 2.45) is 11.8 Å². The maximum atomic E-state index is 5.83. The zero-order valence-electron chi connectivity index (χ0n) is 13.8. The van der Waals surface area contributed by atoms with Crippen molar-refractivity contribution in [2.45, 2.75) is 33.6 Å². The molecule has 0 aromatic heterocycles. The van der Waals surface area contributed by atoms with Gasteiger partial charge in [0, 0.05) is 19.6 Å². The van der Waals surface area contributed by atoms with Crippen molar-refractivity contribution in [1.82, 2.24) is 4.90 Å². The van der Waals surface area contributed by atoms with Crippen molar-refractivity contribution in [3.05, 3.63) is 36.4 Å². The summed E-state index contributed by atoms with van der Waals surface area (Å²) in [5, 5.41) is 0. The van der Waals surface area contributed by atoms with Crippen LogP contribution in [0.3, 0.4) is 0 Å². The highest BCUT2D eigenvalue weighted by atomic mass is 16.5. The topological polar surface area (TPSA) is 12.5 Å². The molecule has 2 atom stereocenters. The summed E-state index contributed by atoms with van der Waals surface area (Å²) in [7, 11) is 0. The first kappa shape index (κ1) is 16.1. The van der Waals surface area contributed by atoms with Gasteiger partial charge in [-0.3, -0.25) is 0 Å². The van der Waals surface area contributed by atoms with Gasteiger partial charge in [-0.25, -0.2) is 0 Å². The number of hydrogen-bond donors (Lipinski definition) is 0. The van der Waals surface area contributed by atoms with Crippen LogP contribution in [0.2, 0.25) is 0 Å². The molecule has 2 rings (SSSR count). The molecule has 21 heavy (non-hydrogen) atoms. The quantitative estimate of drug-likeness (QED) is 0.716. The first-order valence-corrected chi connectivity index (χ1v) is 8.15. The molecule has 0 N–H and O–H groups in total. The Hall–Kier alpha value is -1.28. The largest absolute Gasteiger partial charge is 0.494 e. The van der Waals surface area contributed by atoms with Crippen LogP contribution in [-0.4, -0.2) is 31.1 Å². The average molecular weight is 287 g/mol. The standard InChI is InChI=1S/C19H29NO/c1-15(2)18-6-8-19(9-7-18)21-11-5-10-20-13-16(3)12-17(4)14-20/h6-9,16-17H,1,5,10-14H2,2-4H3/t16-,17-/m1/s1. The number of piperidine rings is 1. The third-order valence-electron chi connectivity index (χ3n) is 4.18. The lowest BCUT2D eigenvalue weighted by Gasteiger charge is -2.34. The van der Waals surface area contributed by atoms with E-state index in [-0.39, 0.29) is 0 Å². The SMILES string of the molecule is C=C(C)c1ccc(OCCCN2C[C@H](C)C[C@@H](C)C2)cc1. The van der Waals surface area contributed by atoms with Gasteiger partial charge in [0.05, 0.1) is 6.61 Å². The molecule has 1 aliphatic heterocycles. The van der Waals surface area contributed by atoms with Crippen molar-refractivity contribution in [2.75, 3.05) is 26.2 Å². The second kappa shape index (κ2) is 7.65. The van der Waals surface area contributed by atoms with Crippen LogP contribution in [0.1, 0.15) is 39.2 Å². The van der Waals surface area contributed by atoms with E-state index in [9.17, 15) is 0 Å². The highest BCUT2D eigenvalue weighted by Crippen LogP contribution is 2.21. The average Bonchev–Trinajstić information content (AvgIpc) is 2.43. The third kappa shape index (κ3) is 5.20. The van der Waals surface area contributed by atoms with E-state index in [0.29, 0.717) is 0 Å². The Bertz CT molecular complexity index is 441. The summed E-state index contributed by atoms with van der Waals surface area (Å²) < 4.78 is 5.83. The van der Waals surface area contributed by atoms with E-state index in [1.807, 2.05) is 19.1 Å². The Morgan fingerprint density at radius 2 is 1.81 bits per heavy atom. The van der Waals surface area contributed by atoms with Gasteiger partial charge >= 0.3 is 0 Å². The smallest absolute Gasteiger partial charge is 0.119 e. The van der Waals surface area contributed by atoms with Crippen LogP contribution in [0, 0.1) is 11.8 Å². The number of allylic oxidation sites excluding steroid dienone is 1. The minimum absolute atomic E-state index is 0.797. The van der Waals surface area contributed by atoms with Gasteiger partial charge in [-0.15, -0.1) is 0 Å². The summed E-state index contributed by atoms with van der Waals surface area (Å²) in [6, 6.07) is 8.22. The number of likely N-dealkylation sites (tertiary alicyclic amines) is 1. The Kier molecular flexibility index (Phi) is 5.86. The minimum Gasteiger partial charge on any atom is -0.494 e. The second-order valence-electron chi connectivity index (χ2n) is 6.71. The van der Waals surface area contributed by atoms with Crippen LogP contribution in [0.25, 0.3) is 5.57 Å². The summed E-state index contributed by atoms with van der Waals surface area (Å²) in [5.74, 6) is 2.63. The van der Waals surface area contributed by atoms with Gasteiger partial charge in [0.15, 0.2) is 0 Å². The molecule has 2 heteroatoms. The van der Waals surface area contributed by atoms with Crippen molar-refractivity contribution >= 4 is 5.57 Å². The molecule has 0 unspecified atom stereocenters. The predicted octanol–water partition coefficient (Wildman–Crippen LogP) is 4.47. The van der Waals surface area contributed by atoms with Crippen molar-refractivity contribution < 1.29 is 4.74 Å². The lowest BCUT2D eigenvalue weighted by Crippen LogP contribution is -2.39. The Balaban J connectivity index is 1.68. The molecule has 1 aliphatic rings. The van der Waals surface area contributed by atoms with E-state index in [2.05, 4.69) is 37.5 Å². The van der Waals surface area contributed by atoms with Crippen LogP contribution in [0.4, 0.5) is 0 Å². The summed E-state index contributed by atoms with van der Waals surface area (Å²) in [6.07, 6.45) is 2.48. The fraction of sp³-hybridized carbons (Fsp3) is 0.579. The number of ether oxygens (including phenoxy) is 1. The van der Waals surface area contributed by atoms with E-state index in [0.717, 1.165) is 42.7 Å². The first-order chi connectivity index (χ1) is 10.0. The van der Waals surface area contributed by atoms with E-state index in [4.69, 9.17) is 4.74 Å². The van der Waals surface area contributed by atoms with E-state index < -0.39 is 0 Å². The Morgan fingerprint density at radius 1 is 1.19 bits per heavy atom. The molecule has 0 radical (unpaired) electrons. The molecule has 0 aliphatic carbocycles. The van der Waals surface area contributed by atoms with Crippen LogP contribution in [-0.2, 0) is 0 Å².